The van der Waals surface area contributed by atoms with Crippen LogP contribution in [-0.2, 0) is 4.79 Å². The Kier molecular flexibility index (Phi) is 1.46. The number of Topliss-reactive ketones (excluding diaryl/α,β-unsaturated/α-hetero) is 1. The maximum Gasteiger partial charge on any atom is 0.152 e. The van der Waals surface area contributed by atoms with Gasteiger partial charge in [-0.05, 0) is 5.92 Å². The van der Waals surface area contributed by atoms with Crippen molar-refractivity contribution >= 4 is 21.7 Å². The van der Waals surface area contributed by atoms with Crippen LogP contribution in [-0.4, -0.2) is 10.6 Å². The molecule has 1 unspecified atom stereocenters. The molecule has 0 spiro atoms. The summed E-state index contributed by atoms with van der Waals surface area (Å²) in [6, 6.07) is 0. The summed E-state index contributed by atoms with van der Waals surface area (Å²) in [5.41, 5.74) is -0.0752. The van der Waals surface area contributed by atoms with Gasteiger partial charge in [0, 0.05) is 5.41 Å². The van der Waals surface area contributed by atoms with Crippen LogP contribution in [0.15, 0.2) is 0 Å². The molecule has 1 saturated carbocycles. The van der Waals surface area contributed by atoms with Crippen molar-refractivity contribution in [3.63, 3.8) is 0 Å². The highest BCUT2D eigenvalue weighted by Gasteiger charge is 2.51. The van der Waals surface area contributed by atoms with Gasteiger partial charge in [0.1, 0.15) is 0 Å². The van der Waals surface area contributed by atoms with E-state index in [1.807, 2.05) is 13.8 Å². The van der Waals surface area contributed by atoms with Crippen LogP contribution in [0.4, 0.5) is 0 Å². The summed E-state index contributed by atoms with van der Waals surface area (Å²) in [5, 5.41) is 0. The molecule has 0 amide bonds. The molecular weight excluding hydrogens is 180 g/mol. The first-order valence-electron chi connectivity index (χ1n) is 3.16. The molecule has 1 nitrogen and oxygen atoms in total. The van der Waals surface area contributed by atoms with E-state index in [2.05, 4.69) is 22.9 Å². The second-order valence-corrected chi connectivity index (χ2v) is 4.26. The van der Waals surface area contributed by atoms with Crippen LogP contribution < -0.4 is 0 Å². The lowest BCUT2D eigenvalue weighted by atomic mass is 9.62. The maximum absolute atomic E-state index is 11.0. The van der Waals surface area contributed by atoms with E-state index in [1.165, 1.54) is 0 Å². The van der Waals surface area contributed by atoms with Crippen molar-refractivity contribution in [3.05, 3.63) is 0 Å². The van der Waals surface area contributed by atoms with Crippen LogP contribution in [0.25, 0.3) is 0 Å². The van der Waals surface area contributed by atoms with Crippen molar-refractivity contribution in [1.29, 1.82) is 0 Å². The van der Waals surface area contributed by atoms with E-state index in [0.717, 1.165) is 0 Å². The Morgan fingerprint density at radius 3 is 2.11 bits per heavy atom. The van der Waals surface area contributed by atoms with Crippen molar-refractivity contribution in [2.45, 2.75) is 25.6 Å². The number of halogens is 1. The van der Waals surface area contributed by atoms with Gasteiger partial charge in [-0.1, -0.05) is 36.7 Å². The minimum Gasteiger partial charge on any atom is -0.298 e. The second kappa shape index (κ2) is 1.82. The topological polar surface area (TPSA) is 17.1 Å². The number of rotatable bonds is 0. The molecule has 0 aliphatic heterocycles. The van der Waals surface area contributed by atoms with Crippen LogP contribution in [0.1, 0.15) is 20.8 Å². The van der Waals surface area contributed by atoms with E-state index in [9.17, 15) is 4.79 Å². The molecule has 1 fully saturated rings. The van der Waals surface area contributed by atoms with Gasteiger partial charge < -0.3 is 0 Å². The fourth-order valence-electron chi connectivity index (χ4n) is 1.08. The van der Waals surface area contributed by atoms with Crippen LogP contribution in [0, 0.1) is 11.3 Å². The first-order chi connectivity index (χ1) is 3.98. The Labute approximate surface area is 64.0 Å². The molecule has 2 atom stereocenters. The predicted octanol–water partition coefficient (Wildman–Crippen LogP) is 1.99. The lowest BCUT2D eigenvalue weighted by molar-refractivity contribution is -0.139. The lowest BCUT2D eigenvalue weighted by Gasteiger charge is -2.44. The molecule has 1 aliphatic carbocycles. The molecular formula is C7H11BrO. The number of alkyl halides is 1. The quantitative estimate of drug-likeness (QED) is 0.535. The van der Waals surface area contributed by atoms with E-state index in [0.29, 0.717) is 11.7 Å². The van der Waals surface area contributed by atoms with E-state index in [1.54, 1.807) is 0 Å². The van der Waals surface area contributed by atoms with Gasteiger partial charge in [0.05, 0.1) is 4.83 Å². The molecule has 1 rings (SSSR count). The first-order valence-corrected chi connectivity index (χ1v) is 4.08. The second-order valence-electron chi connectivity index (χ2n) is 3.28. The van der Waals surface area contributed by atoms with Gasteiger partial charge in [-0.15, -0.1) is 0 Å². The van der Waals surface area contributed by atoms with Crippen LogP contribution in [0.2, 0.25) is 0 Å². The standard InChI is InChI=1S/C7H11BrO/c1-4-5(8)6(9)7(4,2)3/h4-5H,1-3H3/t4?,5-/m0/s1. The Morgan fingerprint density at radius 1 is 1.56 bits per heavy atom. The zero-order chi connectivity index (χ0) is 7.23. The van der Waals surface area contributed by atoms with E-state index >= 15 is 0 Å². The zero-order valence-corrected chi connectivity index (χ0v) is 7.53. The third kappa shape index (κ3) is 0.759. The summed E-state index contributed by atoms with van der Waals surface area (Å²) >= 11 is 3.32. The van der Waals surface area contributed by atoms with Crippen molar-refractivity contribution in [2.75, 3.05) is 0 Å². The Bertz CT molecular complexity index is 151. The van der Waals surface area contributed by atoms with Crippen molar-refractivity contribution < 1.29 is 4.79 Å². The molecule has 0 aromatic rings. The third-order valence-corrected chi connectivity index (χ3v) is 3.67. The zero-order valence-electron chi connectivity index (χ0n) is 5.94. The number of ketones is 1. The first kappa shape index (κ1) is 7.26. The van der Waals surface area contributed by atoms with Gasteiger partial charge >= 0.3 is 0 Å². The number of carbonyl (C=O) groups excluding carboxylic acids is 1. The predicted molar refractivity (Wildman–Crippen MR) is 40.7 cm³/mol. The summed E-state index contributed by atoms with van der Waals surface area (Å²) < 4.78 is 0. The average Bonchev–Trinajstić information content (AvgIpc) is 1.84. The van der Waals surface area contributed by atoms with Crippen LogP contribution in [0.5, 0.6) is 0 Å². The Hall–Kier alpha value is 0.150. The van der Waals surface area contributed by atoms with Gasteiger partial charge in [0.15, 0.2) is 5.78 Å². The monoisotopic (exact) mass is 190 g/mol. The van der Waals surface area contributed by atoms with E-state index < -0.39 is 0 Å². The van der Waals surface area contributed by atoms with Gasteiger partial charge in [-0.3, -0.25) is 4.79 Å². The highest BCUT2D eigenvalue weighted by Crippen LogP contribution is 2.45. The molecule has 0 radical (unpaired) electrons. The van der Waals surface area contributed by atoms with Gasteiger partial charge in [0.25, 0.3) is 0 Å². The molecule has 1 aliphatic rings. The molecule has 0 aromatic carbocycles. The SMILES string of the molecule is CC1[C@H](Br)C(=O)C1(C)C. The summed E-state index contributed by atoms with van der Waals surface area (Å²) in [6.45, 7) is 6.09. The minimum absolute atomic E-state index is 0.0752. The van der Waals surface area contributed by atoms with Crippen LogP contribution >= 0.6 is 15.9 Å². The largest absolute Gasteiger partial charge is 0.298 e. The molecule has 0 N–H and O–H groups in total. The smallest absolute Gasteiger partial charge is 0.152 e. The summed E-state index contributed by atoms with van der Waals surface area (Å²) in [5.74, 6) is 0.833. The Balaban J connectivity index is 2.73. The van der Waals surface area contributed by atoms with Crippen LogP contribution in [0.3, 0.4) is 0 Å². The average molecular weight is 191 g/mol. The maximum atomic E-state index is 11.0. The van der Waals surface area contributed by atoms with Crippen molar-refractivity contribution in [1.82, 2.24) is 0 Å². The van der Waals surface area contributed by atoms with Gasteiger partial charge in [-0.2, -0.15) is 0 Å². The van der Waals surface area contributed by atoms with E-state index in [-0.39, 0.29) is 10.2 Å². The summed E-state index contributed by atoms with van der Waals surface area (Å²) in [4.78, 5) is 11.2. The number of carbonyl (C=O) groups is 1. The fourth-order valence-corrected chi connectivity index (χ4v) is 2.33. The van der Waals surface area contributed by atoms with E-state index in [4.69, 9.17) is 0 Å². The normalized spacial score (nSPS) is 40.2. The fraction of sp³-hybridized carbons (Fsp3) is 0.857. The number of hydrogen-bond acceptors (Lipinski definition) is 1. The molecule has 2 heteroatoms. The molecule has 0 bridgehead atoms. The number of hydrogen-bond donors (Lipinski definition) is 0. The summed E-state index contributed by atoms with van der Waals surface area (Å²) in [7, 11) is 0. The van der Waals surface area contributed by atoms with Gasteiger partial charge in [0.2, 0.25) is 0 Å². The minimum atomic E-state index is -0.0752. The molecule has 0 heterocycles. The summed E-state index contributed by atoms with van der Waals surface area (Å²) in [6.07, 6.45) is 0. The molecule has 52 valence electrons. The third-order valence-electron chi connectivity index (χ3n) is 2.46. The molecule has 0 saturated heterocycles. The Morgan fingerprint density at radius 2 is 2.00 bits per heavy atom. The lowest BCUT2D eigenvalue weighted by Crippen LogP contribution is -2.53. The van der Waals surface area contributed by atoms with Crippen molar-refractivity contribution in [3.8, 4) is 0 Å². The van der Waals surface area contributed by atoms with Crippen molar-refractivity contribution in [2.24, 2.45) is 11.3 Å². The molecule has 0 aromatic heterocycles. The highest BCUT2D eigenvalue weighted by atomic mass is 79.9. The highest BCUT2D eigenvalue weighted by molar-refractivity contribution is 9.10. The van der Waals surface area contributed by atoms with Gasteiger partial charge in [-0.25, -0.2) is 0 Å². The molecule has 9 heavy (non-hydrogen) atoms.